The van der Waals surface area contributed by atoms with Crippen LogP contribution in [0, 0.1) is 16.7 Å². The summed E-state index contributed by atoms with van der Waals surface area (Å²) in [4.78, 5) is 7.69. The van der Waals surface area contributed by atoms with E-state index in [0.717, 1.165) is 37.6 Å². The summed E-state index contributed by atoms with van der Waals surface area (Å²) < 4.78 is 38.2. The minimum atomic E-state index is -4.06. The average molecular weight is 386 g/mol. The molecule has 0 fully saturated rings. The molecule has 1 aromatic heterocycles. The number of hydrogen-bond donors (Lipinski definition) is 2. The number of benzene rings is 1. The molecule has 0 radical (unpaired) electrons. The first-order valence-corrected chi connectivity index (χ1v) is 8.91. The van der Waals surface area contributed by atoms with Crippen LogP contribution in [-0.2, 0) is 6.54 Å². The van der Waals surface area contributed by atoms with Gasteiger partial charge in [0.05, 0.1) is 34.6 Å². The molecule has 26 heavy (non-hydrogen) atoms. The highest BCUT2D eigenvalue weighted by Gasteiger charge is 2.42. The molecule has 1 heterocycles. The summed E-state index contributed by atoms with van der Waals surface area (Å²) in [7, 11) is 0. The van der Waals surface area contributed by atoms with Crippen LogP contribution in [0.1, 0.15) is 52.9 Å². The molecule has 0 aliphatic rings. The fourth-order valence-electron chi connectivity index (χ4n) is 1.54. The average Bonchev–Trinajstić information content (AvgIpc) is 2.85. The van der Waals surface area contributed by atoms with E-state index in [1.165, 1.54) is 0 Å². The molecule has 0 amide bonds. The number of nitriles is 1. The van der Waals surface area contributed by atoms with Gasteiger partial charge < -0.3 is 4.98 Å². The van der Waals surface area contributed by atoms with Crippen molar-refractivity contribution in [1.82, 2.24) is 14.7 Å². The maximum atomic E-state index is 11.6. The van der Waals surface area contributed by atoms with Gasteiger partial charge in [-0.15, -0.1) is 0 Å². The lowest BCUT2D eigenvalue weighted by Gasteiger charge is -2.21. The molecule has 2 N–H and O–H groups in total. The lowest BCUT2D eigenvalue weighted by Crippen LogP contribution is -2.28. The van der Waals surface area contributed by atoms with Gasteiger partial charge in [-0.1, -0.05) is 32.7 Å². The predicted octanol–water partition coefficient (Wildman–Crippen LogP) is 5.57. The van der Waals surface area contributed by atoms with E-state index in [9.17, 15) is 13.2 Å². The van der Waals surface area contributed by atoms with Crippen molar-refractivity contribution < 1.29 is 13.2 Å². The number of hydrogen-bond acceptors (Lipinski definition) is 4. The Morgan fingerprint density at radius 3 is 2.19 bits per heavy atom. The van der Waals surface area contributed by atoms with Gasteiger partial charge in [0, 0.05) is 4.75 Å². The fraction of sp³-hybridized carbons (Fsp3) is 0.556. The fourth-order valence-corrected chi connectivity index (χ4v) is 2.18. The lowest BCUT2D eigenvalue weighted by atomic mass is 9.96. The van der Waals surface area contributed by atoms with Gasteiger partial charge in [0.15, 0.2) is 0 Å². The van der Waals surface area contributed by atoms with E-state index in [2.05, 4.69) is 41.5 Å². The molecule has 2 aromatic rings. The monoisotopic (exact) mass is 386 g/mol. The number of alkyl halides is 3. The molecule has 8 heteroatoms. The Kier molecular flexibility index (Phi) is 7.14. The Morgan fingerprint density at radius 1 is 1.15 bits per heavy atom. The molecule has 0 aliphatic carbocycles. The van der Waals surface area contributed by atoms with Gasteiger partial charge in [-0.25, -0.2) is 4.98 Å². The summed E-state index contributed by atoms with van der Waals surface area (Å²) in [6.45, 7) is 10.6. The van der Waals surface area contributed by atoms with Gasteiger partial charge in [-0.2, -0.15) is 18.4 Å². The SMILES string of the molecule is CC(C)(C)C(F)(F)F.CC(C)(C)SNCc1nc2ccc(C#N)cc2[nH]1. The van der Waals surface area contributed by atoms with Crippen molar-refractivity contribution in [3.8, 4) is 6.07 Å². The Labute approximate surface area is 156 Å². The van der Waals surface area contributed by atoms with Crippen LogP contribution in [0.25, 0.3) is 11.0 Å². The first-order valence-electron chi connectivity index (χ1n) is 8.09. The highest BCUT2D eigenvalue weighted by atomic mass is 32.2. The predicted molar refractivity (Wildman–Crippen MR) is 101 cm³/mol. The first kappa shape index (κ1) is 22.3. The largest absolute Gasteiger partial charge is 0.393 e. The number of nitrogens with zero attached hydrogens (tertiary/aromatic N) is 2. The number of aromatic nitrogens is 2. The van der Waals surface area contributed by atoms with Crippen LogP contribution in [0.5, 0.6) is 0 Å². The lowest BCUT2D eigenvalue weighted by molar-refractivity contribution is -0.204. The van der Waals surface area contributed by atoms with E-state index >= 15 is 0 Å². The summed E-state index contributed by atoms with van der Waals surface area (Å²) in [5.74, 6) is 0.886. The maximum absolute atomic E-state index is 11.6. The molecule has 4 nitrogen and oxygen atoms in total. The van der Waals surface area contributed by atoms with Gasteiger partial charge in [0.2, 0.25) is 0 Å². The Hall–Kier alpha value is -1.72. The standard InChI is InChI=1S/C13H16N4S.C5H9F3/c1-13(2,3)18-15-8-12-16-10-5-4-9(7-14)6-11(10)17-12;1-4(2,3)5(6,7)8/h4-6,15H,8H2,1-3H3,(H,16,17);1-3H3. The van der Waals surface area contributed by atoms with E-state index in [-0.39, 0.29) is 4.75 Å². The second-order valence-electron chi connectivity index (χ2n) is 7.81. The van der Waals surface area contributed by atoms with Crippen LogP contribution in [0.4, 0.5) is 13.2 Å². The number of nitrogens with one attached hydrogen (secondary N) is 2. The number of rotatable bonds is 3. The minimum Gasteiger partial charge on any atom is -0.341 e. The number of imidazole rings is 1. The summed E-state index contributed by atoms with van der Waals surface area (Å²) >= 11 is 1.68. The van der Waals surface area contributed by atoms with E-state index in [0.29, 0.717) is 12.1 Å². The van der Waals surface area contributed by atoms with E-state index in [1.54, 1.807) is 18.0 Å². The zero-order valence-corrected chi connectivity index (χ0v) is 16.7. The van der Waals surface area contributed by atoms with Crippen molar-refractivity contribution in [3.05, 3.63) is 29.6 Å². The van der Waals surface area contributed by atoms with Crippen molar-refractivity contribution in [3.63, 3.8) is 0 Å². The summed E-state index contributed by atoms with van der Waals surface area (Å²) in [6.07, 6.45) is -4.06. The molecule has 144 valence electrons. The Balaban J connectivity index is 0.000000359. The van der Waals surface area contributed by atoms with Crippen LogP contribution in [-0.4, -0.2) is 20.9 Å². The molecular formula is C18H25F3N4S. The second-order valence-corrected chi connectivity index (χ2v) is 9.53. The van der Waals surface area contributed by atoms with Crippen LogP contribution in [0.15, 0.2) is 18.2 Å². The molecule has 0 saturated carbocycles. The van der Waals surface area contributed by atoms with Crippen molar-refractivity contribution in [2.45, 2.75) is 59.0 Å². The number of halogens is 3. The van der Waals surface area contributed by atoms with E-state index in [4.69, 9.17) is 5.26 Å². The summed E-state index contributed by atoms with van der Waals surface area (Å²) in [5.41, 5.74) is 0.889. The molecule has 0 aliphatic heterocycles. The highest BCUT2D eigenvalue weighted by Crippen LogP contribution is 2.36. The van der Waals surface area contributed by atoms with Gasteiger partial charge in [-0.05, 0) is 39.0 Å². The zero-order chi connectivity index (χ0) is 20.2. The van der Waals surface area contributed by atoms with Crippen molar-refractivity contribution in [2.24, 2.45) is 5.41 Å². The smallest absolute Gasteiger partial charge is 0.341 e. The molecule has 1 aromatic carbocycles. The van der Waals surface area contributed by atoms with Crippen LogP contribution in [0.3, 0.4) is 0 Å². The summed E-state index contributed by atoms with van der Waals surface area (Å²) in [6, 6.07) is 7.59. The normalized spacial score (nSPS) is 12.5. The van der Waals surface area contributed by atoms with E-state index in [1.807, 2.05) is 12.1 Å². The molecule has 2 rings (SSSR count). The number of aromatic amines is 1. The molecule has 0 saturated heterocycles. The van der Waals surface area contributed by atoms with Gasteiger partial charge in [0.1, 0.15) is 5.82 Å². The van der Waals surface area contributed by atoms with Crippen LogP contribution >= 0.6 is 11.9 Å². The third kappa shape index (κ3) is 7.26. The van der Waals surface area contributed by atoms with E-state index < -0.39 is 11.6 Å². The highest BCUT2D eigenvalue weighted by molar-refractivity contribution is 7.98. The molecule has 0 spiro atoms. The Bertz CT molecular complexity index is 750. The zero-order valence-electron chi connectivity index (χ0n) is 15.9. The first-order chi connectivity index (χ1) is 11.7. The topological polar surface area (TPSA) is 64.5 Å². The quantitative estimate of drug-likeness (QED) is 0.677. The summed E-state index contributed by atoms with van der Waals surface area (Å²) in [5, 5.41) is 8.83. The van der Waals surface area contributed by atoms with Crippen molar-refractivity contribution in [2.75, 3.05) is 0 Å². The van der Waals surface area contributed by atoms with Crippen molar-refractivity contribution in [1.29, 1.82) is 5.26 Å². The molecule has 0 bridgehead atoms. The number of fused-ring (bicyclic) bond motifs is 1. The van der Waals surface area contributed by atoms with Crippen molar-refractivity contribution >= 4 is 23.0 Å². The minimum absolute atomic E-state index is 0.181. The maximum Gasteiger partial charge on any atom is 0.393 e. The second kappa shape index (κ2) is 8.31. The molecule has 0 atom stereocenters. The van der Waals surface area contributed by atoms with Crippen LogP contribution < -0.4 is 4.72 Å². The molecule has 0 unspecified atom stereocenters. The third-order valence-electron chi connectivity index (χ3n) is 3.13. The third-order valence-corrected chi connectivity index (χ3v) is 4.03. The molecular weight excluding hydrogens is 361 g/mol. The van der Waals surface area contributed by atoms with Gasteiger partial charge in [-0.3, -0.25) is 4.72 Å². The Morgan fingerprint density at radius 2 is 1.73 bits per heavy atom. The van der Waals surface area contributed by atoms with Gasteiger partial charge >= 0.3 is 6.18 Å². The van der Waals surface area contributed by atoms with Gasteiger partial charge in [0.25, 0.3) is 0 Å². The number of H-pyrrole nitrogens is 1. The van der Waals surface area contributed by atoms with Crippen LogP contribution in [0.2, 0.25) is 0 Å².